The van der Waals surface area contributed by atoms with Gasteiger partial charge in [-0.15, -0.1) is 5.92 Å². The van der Waals surface area contributed by atoms with Crippen LogP contribution in [-0.2, 0) is 0 Å². The molecule has 0 saturated carbocycles. The van der Waals surface area contributed by atoms with E-state index in [-0.39, 0.29) is 0 Å². The van der Waals surface area contributed by atoms with Crippen molar-refractivity contribution in [3.05, 3.63) is 0 Å². The molecule has 2 heterocycles. The second-order valence-corrected chi connectivity index (χ2v) is 4.14. The fourth-order valence-corrected chi connectivity index (χ4v) is 2.53. The van der Waals surface area contributed by atoms with Gasteiger partial charge in [0.15, 0.2) is 0 Å². The monoisotopic (exact) mass is 178 g/mol. The highest BCUT2D eigenvalue weighted by atomic mass is 15.3. The van der Waals surface area contributed by atoms with Gasteiger partial charge in [-0.2, -0.15) is 0 Å². The van der Waals surface area contributed by atoms with Crippen molar-refractivity contribution < 1.29 is 0 Å². The first-order chi connectivity index (χ1) is 6.31. The van der Waals surface area contributed by atoms with Crippen molar-refractivity contribution in [2.24, 2.45) is 0 Å². The Bertz CT molecular complexity index is 238. The van der Waals surface area contributed by atoms with Gasteiger partial charge in [0.2, 0.25) is 0 Å². The van der Waals surface area contributed by atoms with Gasteiger partial charge in [0.1, 0.15) is 0 Å². The lowest BCUT2D eigenvalue weighted by Crippen LogP contribution is -2.50. The van der Waals surface area contributed by atoms with Crippen molar-refractivity contribution in [2.75, 3.05) is 26.7 Å². The molecule has 0 amide bonds. The molecular formula is C11H18N2. The first kappa shape index (κ1) is 9.05. The van der Waals surface area contributed by atoms with Crippen LogP contribution in [-0.4, -0.2) is 48.6 Å². The normalized spacial score (nSPS) is 35.2. The summed E-state index contributed by atoms with van der Waals surface area (Å²) in [6.07, 6.45) is 2.61. The molecule has 2 nitrogen and oxygen atoms in total. The Hall–Kier alpha value is -0.520. The Morgan fingerprint density at radius 1 is 1.23 bits per heavy atom. The third-order valence-electron chi connectivity index (χ3n) is 3.22. The number of hydrogen-bond donors (Lipinski definition) is 0. The van der Waals surface area contributed by atoms with Crippen LogP contribution in [0.5, 0.6) is 0 Å². The van der Waals surface area contributed by atoms with Crippen LogP contribution in [0.1, 0.15) is 19.8 Å². The average Bonchev–Trinajstić information content (AvgIpc) is 2.49. The zero-order chi connectivity index (χ0) is 9.26. The largest absolute Gasteiger partial charge is 0.304 e. The van der Waals surface area contributed by atoms with Crippen LogP contribution >= 0.6 is 0 Å². The number of nitrogens with zero attached hydrogens (tertiary/aromatic N) is 2. The zero-order valence-electron chi connectivity index (χ0n) is 8.58. The van der Waals surface area contributed by atoms with Gasteiger partial charge in [0, 0.05) is 25.7 Å². The van der Waals surface area contributed by atoms with Crippen LogP contribution in [0.4, 0.5) is 0 Å². The van der Waals surface area contributed by atoms with E-state index in [4.69, 9.17) is 0 Å². The summed E-state index contributed by atoms with van der Waals surface area (Å²) in [4.78, 5) is 5.03. The summed E-state index contributed by atoms with van der Waals surface area (Å²) in [6.45, 7) is 5.60. The average molecular weight is 178 g/mol. The summed E-state index contributed by atoms with van der Waals surface area (Å²) in [6, 6.07) is 1.34. The molecule has 13 heavy (non-hydrogen) atoms. The van der Waals surface area contributed by atoms with Crippen LogP contribution in [0.25, 0.3) is 0 Å². The molecule has 0 aliphatic carbocycles. The number of likely N-dealkylation sites (N-methyl/N-ethyl adjacent to an activating group) is 1. The molecule has 2 fully saturated rings. The fourth-order valence-electron chi connectivity index (χ4n) is 2.53. The predicted molar refractivity (Wildman–Crippen MR) is 54.5 cm³/mol. The lowest BCUT2D eigenvalue weighted by Gasteiger charge is -2.37. The molecule has 2 unspecified atom stereocenters. The Morgan fingerprint density at radius 2 is 2.08 bits per heavy atom. The van der Waals surface area contributed by atoms with E-state index < -0.39 is 0 Å². The highest BCUT2D eigenvalue weighted by Gasteiger charge is 2.35. The van der Waals surface area contributed by atoms with Gasteiger partial charge in [0.05, 0.1) is 6.04 Å². The van der Waals surface area contributed by atoms with Gasteiger partial charge in [-0.1, -0.05) is 5.92 Å². The van der Waals surface area contributed by atoms with Crippen LogP contribution in [0.3, 0.4) is 0 Å². The molecule has 0 aromatic carbocycles. The molecule has 0 radical (unpaired) electrons. The maximum absolute atomic E-state index is 3.32. The van der Waals surface area contributed by atoms with Gasteiger partial charge in [-0.3, -0.25) is 4.90 Å². The molecule has 2 aliphatic rings. The Balaban J connectivity index is 2.02. The predicted octanol–water partition coefficient (Wildman–Crippen LogP) is 0.788. The number of hydrogen-bond acceptors (Lipinski definition) is 2. The van der Waals surface area contributed by atoms with Gasteiger partial charge in [0.25, 0.3) is 0 Å². The smallest absolute Gasteiger partial charge is 0.0718 e. The Morgan fingerprint density at radius 3 is 2.85 bits per heavy atom. The van der Waals surface area contributed by atoms with E-state index >= 15 is 0 Å². The molecule has 2 rings (SSSR count). The minimum absolute atomic E-state index is 0.559. The summed E-state index contributed by atoms with van der Waals surface area (Å²) in [5.74, 6) is 6.36. The summed E-state index contributed by atoms with van der Waals surface area (Å²) in [7, 11) is 2.22. The third-order valence-corrected chi connectivity index (χ3v) is 3.22. The summed E-state index contributed by atoms with van der Waals surface area (Å²) in [5.41, 5.74) is 0. The summed E-state index contributed by atoms with van der Waals surface area (Å²) >= 11 is 0. The molecule has 0 bridgehead atoms. The van der Waals surface area contributed by atoms with Gasteiger partial charge in [-0.25, -0.2) is 0 Å². The molecule has 0 spiro atoms. The van der Waals surface area contributed by atoms with Crippen LogP contribution in [0.2, 0.25) is 0 Å². The zero-order valence-corrected chi connectivity index (χ0v) is 8.58. The van der Waals surface area contributed by atoms with Crippen molar-refractivity contribution in [2.45, 2.75) is 31.8 Å². The quantitative estimate of drug-likeness (QED) is 0.506. The lowest BCUT2D eigenvalue weighted by atomic mass is 10.2. The molecule has 2 saturated heterocycles. The van der Waals surface area contributed by atoms with Crippen molar-refractivity contribution in [3.8, 4) is 11.8 Å². The first-order valence-electron chi connectivity index (χ1n) is 5.18. The lowest BCUT2D eigenvalue weighted by molar-refractivity contribution is 0.109. The van der Waals surface area contributed by atoms with E-state index in [1.165, 1.54) is 32.5 Å². The maximum Gasteiger partial charge on any atom is 0.0718 e. The summed E-state index contributed by atoms with van der Waals surface area (Å²) in [5, 5.41) is 0. The van der Waals surface area contributed by atoms with Crippen molar-refractivity contribution >= 4 is 0 Å². The van der Waals surface area contributed by atoms with Crippen molar-refractivity contribution in [1.29, 1.82) is 0 Å². The van der Waals surface area contributed by atoms with Crippen LogP contribution in [0.15, 0.2) is 0 Å². The SMILES string of the molecule is CC#CC1CCC2CN(C)CCN12. The first-order valence-corrected chi connectivity index (χ1v) is 5.18. The number of rotatable bonds is 0. The summed E-state index contributed by atoms with van der Waals surface area (Å²) < 4.78 is 0. The minimum Gasteiger partial charge on any atom is -0.304 e. The minimum atomic E-state index is 0.559. The standard InChI is InChI=1S/C11H18N2/c1-3-4-10-5-6-11-9-12(2)7-8-13(10)11/h10-11H,5-9H2,1-2H3. The molecule has 0 aromatic heterocycles. The molecule has 2 heteroatoms. The van der Waals surface area contributed by atoms with Crippen molar-refractivity contribution in [1.82, 2.24) is 9.80 Å². The highest BCUT2D eigenvalue weighted by molar-refractivity contribution is 5.11. The Labute approximate surface area is 80.9 Å². The van der Waals surface area contributed by atoms with E-state index in [9.17, 15) is 0 Å². The molecule has 2 aliphatic heterocycles. The topological polar surface area (TPSA) is 6.48 Å². The maximum atomic E-state index is 3.32. The van der Waals surface area contributed by atoms with E-state index in [1.54, 1.807) is 0 Å². The van der Waals surface area contributed by atoms with E-state index in [1.807, 2.05) is 6.92 Å². The fraction of sp³-hybridized carbons (Fsp3) is 0.818. The van der Waals surface area contributed by atoms with Crippen LogP contribution in [0, 0.1) is 11.8 Å². The Kier molecular flexibility index (Phi) is 2.57. The third kappa shape index (κ3) is 1.72. The van der Waals surface area contributed by atoms with E-state index in [0.29, 0.717) is 6.04 Å². The van der Waals surface area contributed by atoms with Gasteiger partial charge < -0.3 is 4.90 Å². The van der Waals surface area contributed by atoms with E-state index in [0.717, 1.165) is 6.04 Å². The number of fused-ring (bicyclic) bond motifs is 1. The molecule has 2 atom stereocenters. The van der Waals surface area contributed by atoms with Crippen molar-refractivity contribution in [3.63, 3.8) is 0 Å². The molecule has 72 valence electrons. The van der Waals surface area contributed by atoms with Crippen LogP contribution < -0.4 is 0 Å². The molecular weight excluding hydrogens is 160 g/mol. The van der Waals surface area contributed by atoms with E-state index in [2.05, 4.69) is 28.7 Å². The molecule has 0 N–H and O–H groups in total. The van der Waals surface area contributed by atoms with Gasteiger partial charge >= 0.3 is 0 Å². The number of piperazine rings is 1. The van der Waals surface area contributed by atoms with Gasteiger partial charge in [-0.05, 0) is 26.8 Å². The highest BCUT2D eigenvalue weighted by Crippen LogP contribution is 2.26. The molecule has 0 aromatic rings. The second-order valence-electron chi connectivity index (χ2n) is 4.14. The second kappa shape index (κ2) is 3.69.